The zero-order chi connectivity index (χ0) is 24.2. The van der Waals surface area contributed by atoms with E-state index >= 15 is 0 Å². The Labute approximate surface area is 212 Å². The Hall–Kier alpha value is -2.35. The molecule has 35 heavy (non-hydrogen) atoms. The molecule has 188 valence electrons. The fourth-order valence-electron chi connectivity index (χ4n) is 8.35. The first-order valence-electron chi connectivity index (χ1n) is 13.3. The van der Waals surface area contributed by atoms with Crippen LogP contribution in [0, 0.1) is 17.8 Å². The standard InChI is InChI=1S/C27H36N4O3S/c1-34-24(32)19-2-4-20(5-3-19)29-26(35)31-22-6-7-23(31)12-21(11-22)28-25(33)30-27-13-16-8-17(14-27)10-18(9-16)15-27/h2-5,16-18,21-23H,6-15H2,1H3,(H,29,35)(H2,28,30,33)/t16?,17?,18?,22-,23-,27?/m1/s1. The molecule has 2 atom stereocenters. The average molecular weight is 497 g/mol. The third-order valence-electron chi connectivity index (χ3n) is 9.28. The van der Waals surface area contributed by atoms with Gasteiger partial charge in [0.2, 0.25) is 0 Å². The first kappa shape index (κ1) is 23.1. The van der Waals surface area contributed by atoms with Crippen molar-refractivity contribution in [3.63, 3.8) is 0 Å². The van der Waals surface area contributed by atoms with Crippen LogP contribution in [0.4, 0.5) is 10.5 Å². The number of anilines is 1. The van der Waals surface area contributed by atoms with Gasteiger partial charge in [-0.15, -0.1) is 0 Å². The summed E-state index contributed by atoms with van der Waals surface area (Å²) in [6.07, 6.45) is 11.7. The van der Waals surface area contributed by atoms with E-state index in [1.165, 1.54) is 45.6 Å². The Morgan fingerprint density at radius 3 is 2.06 bits per heavy atom. The van der Waals surface area contributed by atoms with Crippen LogP contribution in [0.5, 0.6) is 0 Å². The number of esters is 1. The number of thiocarbonyl (C=S) groups is 1. The van der Waals surface area contributed by atoms with E-state index < -0.39 is 0 Å². The number of fused-ring (bicyclic) bond motifs is 2. The van der Waals surface area contributed by atoms with E-state index in [0.29, 0.717) is 17.6 Å². The minimum absolute atomic E-state index is 0.0381. The first-order chi connectivity index (χ1) is 16.9. The van der Waals surface area contributed by atoms with Crippen LogP contribution in [-0.4, -0.2) is 52.8 Å². The number of ether oxygens (including phenoxy) is 1. The molecule has 4 saturated carbocycles. The highest BCUT2D eigenvalue weighted by molar-refractivity contribution is 7.80. The Kier molecular flexibility index (Phi) is 5.90. The number of urea groups is 1. The summed E-state index contributed by atoms with van der Waals surface area (Å²) in [6, 6.07) is 8.10. The highest BCUT2D eigenvalue weighted by atomic mass is 32.1. The molecular weight excluding hydrogens is 460 g/mol. The zero-order valence-corrected chi connectivity index (χ0v) is 21.2. The van der Waals surface area contributed by atoms with Gasteiger partial charge in [-0.2, -0.15) is 0 Å². The molecule has 7 rings (SSSR count). The molecule has 4 aliphatic carbocycles. The van der Waals surface area contributed by atoms with E-state index in [4.69, 9.17) is 17.0 Å². The average Bonchev–Trinajstić information content (AvgIpc) is 3.08. The molecule has 8 heteroatoms. The third-order valence-corrected chi connectivity index (χ3v) is 9.59. The quantitative estimate of drug-likeness (QED) is 0.423. The van der Waals surface area contributed by atoms with Crippen molar-refractivity contribution in [2.24, 2.45) is 17.8 Å². The van der Waals surface area contributed by atoms with Crippen LogP contribution < -0.4 is 16.0 Å². The molecule has 3 N–H and O–H groups in total. The number of hydrogen-bond acceptors (Lipinski definition) is 4. The van der Waals surface area contributed by atoms with Crippen LogP contribution in [0.25, 0.3) is 0 Å². The van der Waals surface area contributed by atoms with Gasteiger partial charge in [0.1, 0.15) is 0 Å². The van der Waals surface area contributed by atoms with Crippen molar-refractivity contribution in [2.75, 3.05) is 12.4 Å². The number of nitrogens with zero attached hydrogens (tertiary/aromatic N) is 1. The Bertz CT molecular complexity index is 963. The van der Waals surface area contributed by atoms with Crippen LogP contribution in [-0.2, 0) is 4.74 Å². The molecule has 1 aromatic rings. The molecule has 0 aromatic heterocycles. The lowest BCUT2D eigenvalue weighted by Crippen LogP contribution is -2.63. The van der Waals surface area contributed by atoms with E-state index in [1.54, 1.807) is 12.1 Å². The van der Waals surface area contributed by atoms with Crippen molar-refractivity contribution in [1.29, 1.82) is 0 Å². The Morgan fingerprint density at radius 2 is 1.51 bits per heavy atom. The van der Waals surface area contributed by atoms with Crippen LogP contribution in [0.1, 0.15) is 74.6 Å². The smallest absolute Gasteiger partial charge is 0.337 e. The van der Waals surface area contributed by atoms with Crippen LogP contribution in [0.15, 0.2) is 24.3 Å². The summed E-state index contributed by atoms with van der Waals surface area (Å²) in [5.74, 6) is 2.13. The van der Waals surface area contributed by atoms with Crippen molar-refractivity contribution in [1.82, 2.24) is 15.5 Å². The van der Waals surface area contributed by atoms with Gasteiger partial charge >= 0.3 is 12.0 Å². The molecule has 0 unspecified atom stereocenters. The van der Waals surface area contributed by atoms with Crippen molar-refractivity contribution >= 4 is 35.0 Å². The summed E-state index contributed by atoms with van der Waals surface area (Å²) in [4.78, 5) is 27.1. The van der Waals surface area contributed by atoms with Gasteiger partial charge in [-0.3, -0.25) is 0 Å². The number of nitrogens with one attached hydrogen (secondary N) is 3. The lowest BCUT2D eigenvalue weighted by molar-refractivity contribution is -0.0138. The van der Waals surface area contributed by atoms with Crippen LogP contribution in [0.3, 0.4) is 0 Å². The molecule has 2 amide bonds. The maximum Gasteiger partial charge on any atom is 0.337 e. The minimum Gasteiger partial charge on any atom is -0.465 e. The molecule has 2 heterocycles. The highest BCUT2D eigenvalue weighted by Gasteiger charge is 2.52. The van der Waals surface area contributed by atoms with Crippen molar-refractivity contribution in [3.8, 4) is 0 Å². The maximum atomic E-state index is 13.1. The molecular formula is C27H36N4O3S. The molecule has 7 nitrogen and oxygen atoms in total. The van der Waals surface area contributed by atoms with Gasteiger partial charge in [0.05, 0.1) is 12.7 Å². The van der Waals surface area contributed by atoms with Gasteiger partial charge in [0.25, 0.3) is 0 Å². The molecule has 2 saturated heterocycles. The lowest BCUT2D eigenvalue weighted by atomic mass is 9.53. The van der Waals surface area contributed by atoms with Crippen LogP contribution in [0.2, 0.25) is 0 Å². The predicted molar refractivity (Wildman–Crippen MR) is 138 cm³/mol. The molecule has 0 radical (unpaired) electrons. The molecule has 1 aromatic carbocycles. The Balaban J connectivity index is 1.03. The number of hydrogen-bond donors (Lipinski definition) is 3. The summed E-state index contributed by atoms with van der Waals surface area (Å²) in [7, 11) is 1.38. The SMILES string of the molecule is COC(=O)c1ccc(NC(=S)N2[C@@H]3CC[C@@H]2CC(NC(=O)NC24CC5CC(CC(C5)C2)C4)C3)cc1. The van der Waals surface area contributed by atoms with Crippen molar-refractivity contribution in [2.45, 2.75) is 87.9 Å². The second kappa shape index (κ2) is 8.95. The van der Waals surface area contributed by atoms with Gasteiger partial charge in [-0.25, -0.2) is 9.59 Å². The summed E-state index contributed by atoms with van der Waals surface area (Å²) in [5, 5.41) is 10.9. The zero-order valence-electron chi connectivity index (χ0n) is 20.4. The number of piperidine rings is 1. The second-order valence-electron chi connectivity index (χ2n) is 11.8. The van der Waals surface area contributed by atoms with E-state index in [9.17, 15) is 9.59 Å². The van der Waals surface area contributed by atoms with E-state index in [1.807, 2.05) is 12.1 Å². The lowest BCUT2D eigenvalue weighted by Gasteiger charge is -2.56. The second-order valence-corrected chi connectivity index (χ2v) is 12.1. The number of rotatable bonds is 4. The fourth-order valence-corrected chi connectivity index (χ4v) is 8.76. The number of carbonyl (C=O) groups excluding carboxylic acids is 2. The van der Waals surface area contributed by atoms with Gasteiger partial charge in [0, 0.05) is 29.4 Å². The number of amides is 2. The number of benzene rings is 1. The molecule has 6 fully saturated rings. The normalized spacial score (nSPS) is 36.5. The molecule has 6 bridgehead atoms. The topological polar surface area (TPSA) is 82.7 Å². The number of carbonyl (C=O) groups is 2. The summed E-state index contributed by atoms with van der Waals surface area (Å²) < 4.78 is 4.77. The van der Waals surface area contributed by atoms with Gasteiger partial charge in [0.15, 0.2) is 5.11 Å². The molecule has 0 spiro atoms. The highest BCUT2D eigenvalue weighted by Crippen LogP contribution is 2.55. The van der Waals surface area contributed by atoms with Crippen molar-refractivity contribution in [3.05, 3.63) is 29.8 Å². The monoisotopic (exact) mass is 496 g/mol. The van der Waals surface area contributed by atoms with E-state index in [-0.39, 0.29) is 23.6 Å². The molecule has 2 aliphatic heterocycles. The third kappa shape index (κ3) is 4.50. The van der Waals surface area contributed by atoms with E-state index in [0.717, 1.165) is 54.2 Å². The summed E-state index contributed by atoms with van der Waals surface area (Å²) in [5.41, 5.74) is 1.42. The Morgan fingerprint density at radius 1 is 0.943 bits per heavy atom. The summed E-state index contributed by atoms with van der Waals surface area (Å²) in [6.45, 7) is 0. The predicted octanol–water partition coefficient (Wildman–Crippen LogP) is 4.43. The van der Waals surface area contributed by atoms with Gasteiger partial charge in [-0.1, -0.05) is 0 Å². The number of methoxy groups -OCH3 is 1. The first-order valence-corrected chi connectivity index (χ1v) is 13.7. The fraction of sp³-hybridized carbons (Fsp3) is 0.667. The van der Waals surface area contributed by atoms with Gasteiger partial charge in [-0.05, 0) is 118 Å². The largest absolute Gasteiger partial charge is 0.465 e. The van der Waals surface area contributed by atoms with E-state index in [2.05, 4.69) is 20.9 Å². The van der Waals surface area contributed by atoms with Crippen molar-refractivity contribution < 1.29 is 14.3 Å². The van der Waals surface area contributed by atoms with Gasteiger partial charge < -0.3 is 25.6 Å². The van der Waals surface area contributed by atoms with Crippen LogP contribution >= 0.6 is 12.2 Å². The minimum atomic E-state index is -0.348. The summed E-state index contributed by atoms with van der Waals surface area (Å²) >= 11 is 5.78. The molecule has 6 aliphatic rings. The maximum absolute atomic E-state index is 13.1.